The molecule has 0 radical (unpaired) electrons. The Morgan fingerprint density at radius 2 is 2.15 bits per heavy atom. The minimum atomic E-state index is -0.420. The molecule has 2 aromatic rings. The van der Waals surface area contributed by atoms with Gasteiger partial charge in [-0.1, -0.05) is 6.92 Å². The first-order chi connectivity index (χ1) is 12.7. The zero-order chi connectivity index (χ0) is 18.4. The third-order valence-electron chi connectivity index (χ3n) is 4.03. The van der Waals surface area contributed by atoms with Gasteiger partial charge in [0.25, 0.3) is 0 Å². The topological polar surface area (TPSA) is 89.0 Å². The molecule has 7 nitrogen and oxygen atoms in total. The number of nitrogens with one attached hydrogen (secondary N) is 2. The maximum absolute atomic E-state index is 12.1. The fourth-order valence-electron chi connectivity index (χ4n) is 2.74. The summed E-state index contributed by atoms with van der Waals surface area (Å²) in [5, 5.41) is 6.44. The van der Waals surface area contributed by atoms with Gasteiger partial charge in [-0.3, -0.25) is 4.98 Å². The zero-order valence-electron chi connectivity index (χ0n) is 15.1. The molecule has 2 N–H and O–H groups in total. The van der Waals surface area contributed by atoms with Gasteiger partial charge in [0.2, 0.25) is 5.95 Å². The van der Waals surface area contributed by atoms with Gasteiger partial charge in [0.1, 0.15) is 11.4 Å². The van der Waals surface area contributed by atoms with Crippen LogP contribution in [0.1, 0.15) is 48.2 Å². The normalized spacial score (nSPS) is 12.8. The number of hydrogen-bond acceptors (Lipinski definition) is 7. The van der Waals surface area contributed by atoms with E-state index < -0.39 is 5.97 Å². The van der Waals surface area contributed by atoms with Gasteiger partial charge in [-0.05, 0) is 49.5 Å². The van der Waals surface area contributed by atoms with E-state index in [-0.39, 0.29) is 0 Å². The number of carbonyl (C=O) groups excluding carboxylic acids is 1. The summed E-state index contributed by atoms with van der Waals surface area (Å²) in [6.07, 6.45) is 9.98. The van der Waals surface area contributed by atoms with E-state index in [0.29, 0.717) is 30.5 Å². The van der Waals surface area contributed by atoms with E-state index in [0.717, 1.165) is 30.5 Å². The minimum absolute atomic E-state index is 0.313. The average molecular weight is 353 g/mol. The van der Waals surface area contributed by atoms with Crippen LogP contribution in [0.25, 0.3) is 6.08 Å². The standard InChI is InChI=1S/C19H23N5O2/c1-3-8-21-17-16(18(25)26-4-2)12-22-19(24-17)23-15-6-5-14-11-20-9-7-13(14)10-15/h7,9-12H,3-6,8H2,1-2H3,(H2,21,22,23,24). The number of esters is 1. The zero-order valence-corrected chi connectivity index (χ0v) is 15.1. The summed E-state index contributed by atoms with van der Waals surface area (Å²) in [5.74, 6) is 0.528. The molecule has 26 heavy (non-hydrogen) atoms. The second kappa shape index (κ2) is 8.42. The lowest BCUT2D eigenvalue weighted by Crippen LogP contribution is -2.15. The summed E-state index contributed by atoms with van der Waals surface area (Å²) in [5.41, 5.74) is 3.78. The highest BCUT2D eigenvalue weighted by atomic mass is 16.5. The molecule has 7 heteroatoms. The van der Waals surface area contributed by atoms with Crippen LogP contribution in [0.15, 0.2) is 30.4 Å². The number of pyridine rings is 1. The van der Waals surface area contributed by atoms with E-state index in [1.165, 1.54) is 11.8 Å². The second-order valence-electron chi connectivity index (χ2n) is 5.97. The number of aromatic nitrogens is 3. The molecule has 136 valence electrons. The van der Waals surface area contributed by atoms with Crippen LogP contribution in [0.3, 0.4) is 0 Å². The van der Waals surface area contributed by atoms with Gasteiger partial charge < -0.3 is 15.4 Å². The molecule has 0 unspecified atom stereocenters. The maximum atomic E-state index is 12.1. The predicted molar refractivity (Wildman–Crippen MR) is 101 cm³/mol. The first-order valence-corrected chi connectivity index (χ1v) is 8.89. The van der Waals surface area contributed by atoms with Crippen LogP contribution in [-0.4, -0.2) is 34.1 Å². The Hall–Kier alpha value is -2.96. The van der Waals surface area contributed by atoms with E-state index in [4.69, 9.17) is 4.74 Å². The molecule has 1 aliphatic carbocycles. The van der Waals surface area contributed by atoms with Gasteiger partial charge in [0, 0.05) is 30.8 Å². The Kier molecular flexibility index (Phi) is 5.78. The van der Waals surface area contributed by atoms with Crippen molar-refractivity contribution in [2.45, 2.75) is 33.1 Å². The predicted octanol–water partition coefficient (Wildman–Crippen LogP) is 3.27. The molecule has 0 amide bonds. The average Bonchev–Trinajstić information content (AvgIpc) is 2.66. The van der Waals surface area contributed by atoms with Crippen LogP contribution in [0, 0.1) is 0 Å². The third kappa shape index (κ3) is 4.17. The van der Waals surface area contributed by atoms with Gasteiger partial charge in [-0.25, -0.2) is 9.78 Å². The molecule has 2 aromatic heterocycles. The molecule has 0 atom stereocenters. The highest BCUT2D eigenvalue weighted by Crippen LogP contribution is 2.24. The smallest absolute Gasteiger partial charge is 0.343 e. The number of carbonyl (C=O) groups is 1. The molecule has 0 saturated carbocycles. The first kappa shape index (κ1) is 17.8. The molecular formula is C19H23N5O2. The highest BCUT2D eigenvalue weighted by Gasteiger charge is 2.17. The summed E-state index contributed by atoms with van der Waals surface area (Å²) in [6, 6.07) is 2.00. The van der Waals surface area contributed by atoms with Crippen molar-refractivity contribution in [3.8, 4) is 0 Å². The largest absolute Gasteiger partial charge is 0.462 e. The Morgan fingerprint density at radius 3 is 2.96 bits per heavy atom. The lowest BCUT2D eigenvalue weighted by molar-refractivity contribution is 0.0526. The van der Waals surface area contributed by atoms with Crippen molar-refractivity contribution in [3.63, 3.8) is 0 Å². The number of nitrogens with zero attached hydrogens (tertiary/aromatic N) is 3. The van der Waals surface area contributed by atoms with Crippen LogP contribution in [-0.2, 0) is 11.2 Å². The van der Waals surface area contributed by atoms with Crippen molar-refractivity contribution in [2.24, 2.45) is 0 Å². The monoisotopic (exact) mass is 353 g/mol. The molecule has 0 spiro atoms. The Labute approximate surface area is 152 Å². The molecule has 3 rings (SSSR count). The fraction of sp³-hybridized carbons (Fsp3) is 0.368. The van der Waals surface area contributed by atoms with Crippen molar-refractivity contribution in [2.75, 3.05) is 23.8 Å². The summed E-state index contributed by atoms with van der Waals surface area (Å²) >= 11 is 0. The van der Waals surface area contributed by atoms with Gasteiger partial charge >= 0.3 is 5.97 Å². The fourth-order valence-corrected chi connectivity index (χ4v) is 2.74. The number of fused-ring (bicyclic) bond motifs is 1. The van der Waals surface area contributed by atoms with E-state index in [9.17, 15) is 4.79 Å². The molecule has 0 saturated heterocycles. The van der Waals surface area contributed by atoms with Crippen molar-refractivity contribution < 1.29 is 9.53 Å². The Morgan fingerprint density at radius 1 is 1.27 bits per heavy atom. The number of hydrogen-bond donors (Lipinski definition) is 2. The molecule has 0 fully saturated rings. The van der Waals surface area contributed by atoms with Crippen molar-refractivity contribution in [1.29, 1.82) is 0 Å². The lowest BCUT2D eigenvalue weighted by atomic mass is 9.97. The van der Waals surface area contributed by atoms with Crippen LogP contribution in [0.2, 0.25) is 0 Å². The summed E-state index contributed by atoms with van der Waals surface area (Å²) in [6.45, 7) is 4.85. The van der Waals surface area contributed by atoms with Gasteiger partial charge in [0.05, 0.1) is 6.61 Å². The van der Waals surface area contributed by atoms with Crippen LogP contribution < -0.4 is 10.6 Å². The van der Waals surface area contributed by atoms with Crippen molar-refractivity contribution in [1.82, 2.24) is 15.0 Å². The summed E-state index contributed by atoms with van der Waals surface area (Å²) in [7, 11) is 0. The molecule has 1 aliphatic rings. The van der Waals surface area contributed by atoms with Gasteiger partial charge in [-0.15, -0.1) is 0 Å². The van der Waals surface area contributed by atoms with Crippen LogP contribution in [0.5, 0.6) is 0 Å². The Bertz CT molecular complexity index is 819. The van der Waals surface area contributed by atoms with Gasteiger partial charge in [0.15, 0.2) is 0 Å². The van der Waals surface area contributed by atoms with E-state index in [1.807, 2.05) is 12.3 Å². The van der Waals surface area contributed by atoms with Crippen molar-refractivity contribution >= 4 is 23.8 Å². The maximum Gasteiger partial charge on any atom is 0.343 e. The summed E-state index contributed by atoms with van der Waals surface area (Å²) in [4.78, 5) is 25.0. The van der Waals surface area contributed by atoms with Crippen LogP contribution >= 0.6 is 0 Å². The third-order valence-corrected chi connectivity index (χ3v) is 4.03. The molecule has 0 aromatic carbocycles. The molecule has 0 aliphatic heterocycles. The van der Waals surface area contributed by atoms with Crippen molar-refractivity contribution in [3.05, 3.63) is 47.0 Å². The van der Waals surface area contributed by atoms with E-state index >= 15 is 0 Å². The van der Waals surface area contributed by atoms with E-state index in [1.54, 1.807) is 13.1 Å². The Balaban J connectivity index is 1.82. The number of aryl methyl sites for hydroxylation is 1. The number of ether oxygens (including phenoxy) is 1. The second-order valence-corrected chi connectivity index (χ2v) is 5.97. The SMILES string of the molecule is CCCNc1nc(NC2=Cc3ccncc3CC2)ncc1C(=O)OCC. The van der Waals surface area contributed by atoms with Gasteiger partial charge in [-0.2, -0.15) is 4.98 Å². The van der Waals surface area contributed by atoms with Crippen LogP contribution in [0.4, 0.5) is 11.8 Å². The lowest BCUT2D eigenvalue weighted by Gasteiger charge is -2.17. The number of rotatable bonds is 7. The first-order valence-electron chi connectivity index (χ1n) is 8.89. The molecular weight excluding hydrogens is 330 g/mol. The quantitative estimate of drug-likeness (QED) is 0.738. The summed E-state index contributed by atoms with van der Waals surface area (Å²) < 4.78 is 5.08. The number of allylic oxidation sites excluding steroid dienone is 1. The minimum Gasteiger partial charge on any atom is -0.462 e. The highest BCUT2D eigenvalue weighted by molar-refractivity contribution is 5.94. The number of anilines is 2. The molecule has 2 heterocycles. The van der Waals surface area contributed by atoms with E-state index in [2.05, 4.69) is 38.6 Å². The molecule has 0 bridgehead atoms.